The number of fused-ring (bicyclic) bond motifs is 1. The van der Waals surface area contributed by atoms with Gasteiger partial charge in [0.15, 0.2) is 11.6 Å². The number of rotatable bonds is 2. The van der Waals surface area contributed by atoms with Crippen molar-refractivity contribution in [2.75, 3.05) is 12.4 Å². The highest BCUT2D eigenvalue weighted by Crippen LogP contribution is 2.29. The van der Waals surface area contributed by atoms with Crippen molar-refractivity contribution in [1.82, 2.24) is 9.29 Å². The second-order valence-corrected chi connectivity index (χ2v) is 8.37. The SMILES string of the molecule is CN=S1(=O)N[C@@H](C)CCc2c1cn(C)c2C(=O)Nc1ccc(F)c(F)c1. The lowest BCUT2D eigenvalue weighted by atomic mass is 10.1. The molecule has 1 aliphatic heterocycles. The van der Waals surface area contributed by atoms with E-state index in [1.165, 1.54) is 13.1 Å². The second-order valence-electron chi connectivity index (χ2n) is 6.28. The first-order chi connectivity index (χ1) is 12.2. The minimum atomic E-state index is -2.83. The Balaban J connectivity index is 2.03. The van der Waals surface area contributed by atoms with Gasteiger partial charge < -0.3 is 9.88 Å². The summed E-state index contributed by atoms with van der Waals surface area (Å²) in [6.07, 6.45) is 2.88. The van der Waals surface area contributed by atoms with Crippen LogP contribution in [0.5, 0.6) is 0 Å². The van der Waals surface area contributed by atoms with Crippen LogP contribution in [0.4, 0.5) is 14.5 Å². The number of carbonyl (C=O) groups excluding carboxylic acids is 1. The normalized spacial score (nSPS) is 22.4. The van der Waals surface area contributed by atoms with E-state index < -0.39 is 27.5 Å². The van der Waals surface area contributed by atoms with Gasteiger partial charge in [-0.25, -0.2) is 22.1 Å². The van der Waals surface area contributed by atoms with Crippen molar-refractivity contribution in [3.8, 4) is 0 Å². The number of aromatic nitrogens is 1. The summed E-state index contributed by atoms with van der Waals surface area (Å²) in [6.45, 7) is 1.91. The second kappa shape index (κ2) is 6.81. The van der Waals surface area contributed by atoms with Crippen LogP contribution in [0.25, 0.3) is 0 Å². The van der Waals surface area contributed by atoms with Crippen molar-refractivity contribution < 1.29 is 17.8 Å². The first-order valence-corrected chi connectivity index (χ1v) is 9.64. The third kappa shape index (κ3) is 3.24. The summed E-state index contributed by atoms with van der Waals surface area (Å²) < 4.78 is 48.2. The highest BCUT2D eigenvalue weighted by molar-refractivity contribution is 7.91. The Labute approximate surface area is 150 Å². The van der Waals surface area contributed by atoms with Crippen LogP contribution >= 0.6 is 0 Å². The molecular formula is C17H20F2N4O2S. The van der Waals surface area contributed by atoms with E-state index in [1.54, 1.807) is 17.8 Å². The molecule has 0 spiro atoms. The number of hydrogen-bond donors (Lipinski definition) is 2. The number of nitrogens with zero attached hydrogens (tertiary/aromatic N) is 2. The van der Waals surface area contributed by atoms with Gasteiger partial charge in [0, 0.05) is 43.7 Å². The molecule has 2 atom stereocenters. The number of halogens is 2. The Bertz CT molecular complexity index is 993. The lowest BCUT2D eigenvalue weighted by Gasteiger charge is -2.12. The molecule has 6 nitrogen and oxygen atoms in total. The van der Waals surface area contributed by atoms with Gasteiger partial charge in [0.25, 0.3) is 5.91 Å². The predicted octanol–water partition coefficient (Wildman–Crippen LogP) is 2.85. The molecule has 0 aliphatic carbocycles. The summed E-state index contributed by atoms with van der Waals surface area (Å²) in [6, 6.07) is 3.13. The van der Waals surface area contributed by atoms with E-state index >= 15 is 0 Å². The third-order valence-electron chi connectivity index (χ3n) is 4.38. The van der Waals surface area contributed by atoms with Gasteiger partial charge in [-0.15, -0.1) is 0 Å². The molecule has 3 rings (SSSR count). The van der Waals surface area contributed by atoms with Gasteiger partial charge in [-0.2, -0.15) is 0 Å². The largest absolute Gasteiger partial charge is 0.345 e. The fourth-order valence-electron chi connectivity index (χ4n) is 3.10. The van der Waals surface area contributed by atoms with E-state index in [4.69, 9.17) is 0 Å². The van der Waals surface area contributed by atoms with Gasteiger partial charge in [-0.05, 0) is 31.9 Å². The summed E-state index contributed by atoms with van der Waals surface area (Å²) >= 11 is 0. The van der Waals surface area contributed by atoms with Crippen molar-refractivity contribution in [2.24, 2.45) is 11.4 Å². The van der Waals surface area contributed by atoms with Crippen LogP contribution in [-0.2, 0) is 23.4 Å². The van der Waals surface area contributed by atoms with Gasteiger partial charge in [-0.3, -0.25) is 4.79 Å². The fourth-order valence-corrected chi connectivity index (χ4v) is 5.02. The molecule has 2 N–H and O–H groups in total. The molecule has 140 valence electrons. The summed E-state index contributed by atoms with van der Waals surface area (Å²) in [5.74, 6) is -2.51. The molecule has 2 aromatic rings. The molecule has 2 heterocycles. The first-order valence-electron chi connectivity index (χ1n) is 8.12. The number of nitrogens with one attached hydrogen (secondary N) is 2. The minimum absolute atomic E-state index is 0.0222. The predicted molar refractivity (Wildman–Crippen MR) is 95.4 cm³/mol. The van der Waals surface area contributed by atoms with Crippen LogP contribution in [0.15, 0.2) is 33.7 Å². The number of hydrogen-bond acceptors (Lipinski definition) is 3. The summed E-state index contributed by atoms with van der Waals surface area (Å²) in [5, 5.41) is 2.57. The summed E-state index contributed by atoms with van der Waals surface area (Å²) in [7, 11) is 0.323. The van der Waals surface area contributed by atoms with E-state index in [9.17, 15) is 17.8 Å². The van der Waals surface area contributed by atoms with Crippen molar-refractivity contribution in [3.05, 3.63) is 47.3 Å². The number of aryl methyl sites for hydroxylation is 1. The van der Waals surface area contributed by atoms with Crippen molar-refractivity contribution in [2.45, 2.75) is 30.7 Å². The lowest BCUT2D eigenvalue weighted by molar-refractivity contribution is 0.101. The molecule has 0 fully saturated rings. The van der Waals surface area contributed by atoms with Gasteiger partial charge in [0.1, 0.15) is 15.6 Å². The number of anilines is 1. The quantitative estimate of drug-likeness (QED) is 0.838. The van der Waals surface area contributed by atoms with Crippen LogP contribution < -0.4 is 10.0 Å². The standard InChI is InChI=1S/C17H20F2N4O2S/c1-10-4-6-12-15(26(25,20-2)22-10)9-23(3)16(12)17(24)21-11-5-7-13(18)14(19)8-11/h5,7-10H,4,6H2,1-3H3,(H,21,24)(H,20,22,25)/t10-,26?/m0/s1. The highest BCUT2D eigenvalue weighted by atomic mass is 32.2. The summed E-state index contributed by atoms with van der Waals surface area (Å²) in [5.41, 5.74) is 1.13. The van der Waals surface area contributed by atoms with E-state index in [0.29, 0.717) is 29.0 Å². The third-order valence-corrected chi connectivity index (χ3v) is 6.57. The average Bonchev–Trinajstić information content (AvgIpc) is 2.87. The fraction of sp³-hybridized carbons (Fsp3) is 0.353. The van der Waals surface area contributed by atoms with Gasteiger partial charge in [0.05, 0.1) is 4.90 Å². The summed E-state index contributed by atoms with van der Waals surface area (Å²) in [4.78, 5) is 13.3. The molecule has 1 aromatic heterocycles. The van der Waals surface area contributed by atoms with Crippen molar-refractivity contribution in [1.29, 1.82) is 0 Å². The average molecular weight is 382 g/mol. The molecule has 9 heteroatoms. The molecular weight excluding hydrogens is 362 g/mol. The minimum Gasteiger partial charge on any atom is -0.345 e. The maximum absolute atomic E-state index is 13.4. The van der Waals surface area contributed by atoms with Gasteiger partial charge in [-0.1, -0.05) is 0 Å². The lowest BCUT2D eigenvalue weighted by Crippen LogP contribution is -2.30. The van der Waals surface area contributed by atoms with E-state index in [1.807, 2.05) is 6.92 Å². The Hall–Kier alpha value is -2.26. The van der Waals surface area contributed by atoms with Crippen LogP contribution in [0, 0.1) is 11.6 Å². The highest BCUT2D eigenvalue weighted by Gasteiger charge is 2.30. The molecule has 0 bridgehead atoms. The van der Waals surface area contributed by atoms with Crippen LogP contribution in [0.2, 0.25) is 0 Å². The molecule has 1 unspecified atom stereocenters. The monoisotopic (exact) mass is 382 g/mol. The Morgan fingerprint density at radius 1 is 1.38 bits per heavy atom. The van der Waals surface area contributed by atoms with E-state index in [2.05, 4.69) is 14.4 Å². The topological polar surface area (TPSA) is 75.5 Å². The molecule has 1 amide bonds. The van der Waals surface area contributed by atoms with Crippen LogP contribution in [0.1, 0.15) is 29.4 Å². The van der Waals surface area contributed by atoms with E-state index in [-0.39, 0.29) is 11.7 Å². The maximum Gasteiger partial charge on any atom is 0.272 e. The smallest absolute Gasteiger partial charge is 0.272 e. The van der Waals surface area contributed by atoms with Gasteiger partial charge >= 0.3 is 0 Å². The van der Waals surface area contributed by atoms with Gasteiger partial charge in [0.2, 0.25) is 0 Å². The van der Waals surface area contributed by atoms with Crippen molar-refractivity contribution in [3.63, 3.8) is 0 Å². The zero-order chi connectivity index (χ0) is 19.1. The number of amides is 1. The zero-order valence-electron chi connectivity index (χ0n) is 14.7. The Morgan fingerprint density at radius 3 is 2.77 bits per heavy atom. The maximum atomic E-state index is 13.4. The van der Waals surface area contributed by atoms with E-state index in [0.717, 1.165) is 12.1 Å². The Morgan fingerprint density at radius 2 is 2.12 bits per heavy atom. The zero-order valence-corrected chi connectivity index (χ0v) is 15.5. The Kier molecular flexibility index (Phi) is 4.85. The molecule has 0 radical (unpaired) electrons. The number of benzene rings is 1. The molecule has 0 saturated heterocycles. The number of carbonyl (C=O) groups is 1. The molecule has 1 aliphatic rings. The van der Waals surface area contributed by atoms with Crippen LogP contribution in [-0.4, -0.2) is 27.8 Å². The van der Waals surface area contributed by atoms with Crippen molar-refractivity contribution >= 4 is 21.5 Å². The van der Waals surface area contributed by atoms with Crippen LogP contribution in [0.3, 0.4) is 0 Å². The molecule has 26 heavy (non-hydrogen) atoms. The molecule has 0 saturated carbocycles. The first kappa shape index (κ1) is 18.5. The molecule has 1 aromatic carbocycles.